The number of hydrogen-bond donors (Lipinski definition) is 0. The van der Waals surface area contributed by atoms with Crippen molar-refractivity contribution in [2.24, 2.45) is 0 Å². The SMILES string of the molecule is c1ccc(-c2ccc(-c3ccccc3N(c3ccc(-c4ccccc4)cc3)c3ccc4c(c3)oc3ccc5nc(-c6ccccc6)oc5c34)cc2)cc1. The van der Waals surface area contributed by atoms with Crippen LogP contribution in [0.4, 0.5) is 17.1 Å². The predicted octanol–water partition coefficient (Wildman–Crippen LogP) is 13.9. The van der Waals surface area contributed by atoms with E-state index in [4.69, 9.17) is 13.8 Å². The molecule has 0 N–H and O–H groups in total. The molecule has 0 aliphatic rings. The maximum atomic E-state index is 6.57. The third kappa shape index (κ3) is 5.54. The van der Waals surface area contributed by atoms with Crippen molar-refractivity contribution in [3.63, 3.8) is 0 Å². The van der Waals surface area contributed by atoms with Crippen molar-refractivity contribution in [2.75, 3.05) is 4.90 Å². The van der Waals surface area contributed by atoms with E-state index in [-0.39, 0.29) is 0 Å². The first-order chi connectivity index (χ1) is 26.3. The molecule has 0 saturated heterocycles. The Morgan fingerprint density at radius 2 is 0.943 bits per heavy atom. The number of fused-ring (bicyclic) bond motifs is 5. The molecular weight excluding hydrogens is 649 g/mol. The Labute approximate surface area is 306 Å². The molecule has 4 heteroatoms. The summed E-state index contributed by atoms with van der Waals surface area (Å²) in [4.78, 5) is 7.14. The lowest BCUT2D eigenvalue weighted by molar-refractivity contribution is 0.622. The van der Waals surface area contributed by atoms with E-state index in [1.54, 1.807) is 0 Å². The van der Waals surface area contributed by atoms with Crippen molar-refractivity contribution in [3.05, 3.63) is 194 Å². The Kier molecular flexibility index (Phi) is 7.43. The van der Waals surface area contributed by atoms with E-state index >= 15 is 0 Å². The normalized spacial score (nSPS) is 11.4. The van der Waals surface area contributed by atoms with Crippen LogP contribution in [0.15, 0.2) is 203 Å². The maximum absolute atomic E-state index is 6.57. The summed E-state index contributed by atoms with van der Waals surface area (Å²) in [5.41, 5.74) is 14.1. The molecule has 0 unspecified atom stereocenters. The number of para-hydroxylation sites is 1. The fourth-order valence-electron chi connectivity index (χ4n) is 7.32. The number of aromatic nitrogens is 1. The second-order valence-corrected chi connectivity index (χ2v) is 13.2. The Morgan fingerprint density at radius 1 is 0.396 bits per heavy atom. The third-order valence-electron chi connectivity index (χ3n) is 9.93. The number of anilines is 3. The third-order valence-corrected chi connectivity index (χ3v) is 9.93. The number of nitrogens with zero attached hydrogens (tertiary/aromatic N) is 2. The standard InChI is InChI=1S/C49H32N2O2/c1-4-12-33(13-5-1)35-20-22-37(23-21-35)41-18-10-11-19-44(41)51(39-26-24-36(25-27-39)34-14-6-2-7-15-34)40-28-29-42-46(32-40)52-45-31-30-43-48(47(42)45)53-49(50-43)38-16-8-3-9-17-38/h1-32H. The zero-order valence-electron chi connectivity index (χ0n) is 28.7. The molecular formula is C49H32N2O2. The second-order valence-electron chi connectivity index (χ2n) is 13.2. The smallest absolute Gasteiger partial charge is 0.227 e. The van der Waals surface area contributed by atoms with Crippen molar-refractivity contribution in [1.29, 1.82) is 0 Å². The van der Waals surface area contributed by atoms with Crippen LogP contribution in [0.1, 0.15) is 0 Å². The molecule has 2 heterocycles. The number of hydrogen-bond acceptors (Lipinski definition) is 4. The van der Waals surface area contributed by atoms with Gasteiger partial charge in [0, 0.05) is 34.0 Å². The Hall–Kier alpha value is -7.17. The number of oxazole rings is 1. The van der Waals surface area contributed by atoms with Crippen molar-refractivity contribution < 1.29 is 8.83 Å². The topological polar surface area (TPSA) is 42.4 Å². The lowest BCUT2D eigenvalue weighted by Crippen LogP contribution is -2.11. The van der Waals surface area contributed by atoms with Crippen molar-refractivity contribution in [1.82, 2.24) is 4.98 Å². The minimum Gasteiger partial charge on any atom is -0.456 e. The van der Waals surface area contributed by atoms with Crippen molar-refractivity contribution in [2.45, 2.75) is 0 Å². The van der Waals surface area contributed by atoms with Crippen LogP contribution in [0.3, 0.4) is 0 Å². The Morgan fingerprint density at radius 3 is 1.62 bits per heavy atom. The fraction of sp³-hybridized carbons (Fsp3) is 0. The highest BCUT2D eigenvalue weighted by molar-refractivity contribution is 6.17. The summed E-state index contributed by atoms with van der Waals surface area (Å²) in [7, 11) is 0. The molecule has 0 fully saturated rings. The molecule has 0 aliphatic heterocycles. The Bertz CT molecular complexity index is 2860. The van der Waals surface area contributed by atoms with E-state index in [9.17, 15) is 0 Å². The van der Waals surface area contributed by atoms with Gasteiger partial charge in [-0.1, -0.05) is 133 Å². The highest BCUT2D eigenvalue weighted by atomic mass is 16.4. The summed E-state index contributed by atoms with van der Waals surface area (Å²) in [6, 6.07) is 67.6. The van der Waals surface area contributed by atoms with Crippen LogP contribution in [-0.2, 0) is 0 Å². The first-order valence-electron chi connectivity index (χ1n) is 17.8. The van der Waals surface area contributed by atoms with Gasteiger partial charge in [0.15, 0.2) is 5.58 Å². The zero-order valence-corrected chi connectivity index (χ0v) is 28.7. The van der Waals surface area contributed by atoms with Gasteiger partial charge < -0.3 is 13.7 Å². The largest absolute Gasteiger partial charge is 0.456 e. The van der Waals surface area contributed by atoms with Gasteiger partial charge in [-0.2, -0.15) is 0 Å². The van der Waals surface area contributed by atoms with E-state index < -0.39 is 0 Å². The number of furan rings is 1. The molecule has 0 amide bonds. The number of rotatable bonds is 7. The first kappa shape index (κ1) is 30.6. The van der Waals surface area contributed by atoms with E-state index in [1.165, 1.54) is 16.7 Å². The second kappa shape index (κ2) is 12.9. The highest BCUT2D eigenvalue weighted by Crippen LogP contribution is 2.44. The summed E-state index contributed by atoms with van der Waals surface area (Å²) < 4.78 is 13.0. The molecule has 10 rings (SSSR count). The summed E-state index contributed by atoms with van der Waals surface area (Å²) in [6.07, 6.45) is 0. The molecule has 0 aliphatic carbocycles. The van der Waals surface area contributed by atoms with Gasteiger partial charge in [0.1, 0.15) is 16.7 Å². The van der Waals surface area contributed by atoms with Gasteiger partial charge in [-0.3, -0.25) is 0 Å². The van der Waals surface area contributed by atoms with Crippen LogP contribution >= 0.6 is 0 Å². The van der Waals surface area contributed by atoms with E-state index in [1.807, 2.05) is 54.6 Å². The molecule has 250 valence electrons. The van der Waals surface area contributed by atoms with E-state index in [0.717, 1.165) is 72.4 Å². The minimum absolute atomic E-state index is 0.595. The average molecular weight is 681 g/mol. The molecule has 0 radical (unpaired) electrons. The fourth-order valence-corrected chi connectivity index (χ4v) is 7.32. The lowest BCUT2D eigenvalue weighted by Gasteiger charge is -2.28. The monoisotopic (exact) mass is 680 g/mol. The van der Waals surface area contributed by atoms with Crippen LogP contribution in [0.2, 0.25) is 0 Å². The van der Waals surface area contributed by atoms with Crippen LogP contribution in [-0.4, -0.2) is 4.98 Å². The highest BCUT2D eigenvalue weighted by Gasteiger charge is 2.21. The first-order valence-corrected chi connectivity index (χ1v) is 17.8. The quantitative estimate of drug-likeness (QED) is 0.168. The van der Waals surface area contributed by atoms with Crippen LogP contribution in [0.5, 0.6) is 0 Å². The zero-order chi connectivity index (χ0) is 35.1. The van der Waals surface area contributed by atoms with E-state index in [2.05, 4.69) is 144 Å². The summed E-state index contributed by atoms with van der Waals surface area (Å²) in [5, 5.41) is 1.91. The molecule has 10 aromatic rings. The van der Waals surface area contributed by atoms with Gasteiger partial charge in [-0.05, 0) is 82.4 Å². The van der Waals surface area contributed by atoms with Crippen molar-refractivity contribution >= 4 is 50.1 Å². The summed E-state index contributed by atoms with van der Waals surface area (Å²) >= 11 is 0. The molecule has 53 heavy (non-hydrogen) atoms. The molecule has 2 aromatic heterocycles. The van der Waals surface area contributed by atoms with Gasteiger partial charge in [-0.25, -0.2) is 4.98 Å². The minimum atomic E-state index is 0.595. The molecule has 0 atom stereocenters. The van der Waals surface area contributed by atoms with Gasteiger partial charge in [0.05, 0.1) is 11.1 Å². The summed E-state index contributed by atoms with van der Waals surface area (Å²) in [6.45, 7) is 0. The Balaban J connectivity index is 1.12. The van der Waals surface area contributed by atoms with Gasteiger partial charge >= 0.3 is 0 Å². The predicted molar refractivity (Wildman–Crippen MR) is 218 cm³/mol. The van der Waals surface area contributed by atoms with E-state index in [0.29, 0.717) is 5.89 Å². The molecule has 4 nitrogen and oxygen atoms in total. The number of benzene rings is 8. The molecule has 8 aromatic carbocycles. The van der Waals surface area contributed by atoms with Crippen LogP contribution < -0.4 is 4.90 Å². The molecule has 0 saturated carbocycles. The van der Waals surface area contributed by atoms with Crippen LogP contribution in [0, 0.1) is 0 Å². The van der Waals surface area contributed by atoms with Gasteiger partial charge in [0.2, 0.25) is 5.89 Å². The molecule has 0 spiro atoms. The molecule has 0 bridgehead atoms. The van der Waals surface area contributed by atoms with Crippen molar-refractivity contribution in [3.8, 4) is 44.8 Å². The van der Waals surface area contributed by atoms with Crippen LogP contribution in [0.25, 0.3) is 77.9 Å². The van der Waals surface area contributed by atoms with Gasteiger partial charge in [-0.15, -0.1) is 0 Å². The average Bonchev–Trinajstić information content (AvgIpc) is 3.84. The lowest BCUT2D eigenvalue weighted by atomic mass is 9.98. The maximum Gasteiger partial charge on any atom is 0.227 e. The van der Waals surface area contributed by atoms with Gasteiger partial charge in [0.25, 0.3) is 0 Å². The summed E-state index contributed by atoms with van der Waals surface area (Å²) in [5.74, 6) is 0.595.